The van der Waals surface area contributed by atoms with Crippen molar-refractivity contribution in [1.29, 1.82) is 0 Å². The Morgan fingerprint density at radius 1 is 1.25 bits per heavy atom. The number of hydrogen-bond donors (Lipinski definition) is 1. The van der Waals surface area contributed by atoms with Crippen molar-refractivity contribution in [3.05, 3.63) is 29.8 Å². The first-order valence-electron chi connectivity index (χ1n) is 7.98. The standard InChI is InChI=1S/C18H29NO/c1-5-8-15-13-14(11-12-20-15)19-17-10-7-6-9-16(17)18(2,3)4/h6-7,9-10,14-15,19H,5,8,11-13H2,1-4H3. The van der Waals surface area contributed by atoms with Gasteiger partial charge in [0.15, 0.2) is 0 Å². The zero-order chi connectivity index (χ0) is 14.6. The number of anilines is 1. The monoisotopic (exact) mass is 275 g/mol. The summed E-state index contributed by atoms with van der Waals surface area (Å²) in [5.74, 6) is 0. The van der Waals surface area contributed by atoms with E-state index in [1.54, 1.807) is 0 Å². The van der Waals surface area contributed by atoms with Crippen LogP contribution in [0.25, 0.3) is 0 Å². The Balaban J connectivity index is 2.06. The molecule has 2 unspecified atom stereocenters. The Morgan fingerprint density at radius 2 is 2.00 bits per heavy atom. The van der Waals surface area contributed by atoms with Crippen molar-refractivity contribution < 1.29 is 4.74 Å². The third-order valence-corrected chi connectivity index (χ3v) is 4.07. The molecular weight excluding hydrogens is 246 g/mol. The molecule has 1 aliphatic heterocycles. The molecule has 1 aromatic rings. The summed E-state index contributed by atoms with van der Waals surface area (Å²) in [5, 5.41) is 3.76. The fourth-order valence-corrected chi connectivity index (χ4v) is 3.02. The smallest absolute Gasteiger partial charge is 0.0594 e. The van der Waals surface area contributed by atoms with E-state index in [4.69, 9.17) is 4.74 Å². The molecule has 2 atom stereocenters. The highest BCUT2D eigenvalue weighted by Gasteiger charge is 2.24. The highest BCUT2D eigenvalue weighted by molar-refractivity contribution is 5.54. The molecule has 2 rings (SSSR count). The number of para-hydroxylation sites is 1. The normalized spacial score (nSPS) is 23.6. The van der Waals surface area contributed by atoms with E-state index < -0.39 is 0 Å². The summed E-state index contributed by atoms with van der Waals surface area (Å²) in [6.07, 6.45) is 5.06. The average molecular weight is 275 g/mol. The predicted octanol–water partition coefficient (Wildman–Crippen LogP) is 4.74. The van der Waals surface area contributed by atoms with Crippen LogP contribution in [0.1, 0.15) is 58.9 Å². The lowest BCUT2D eigenvalue weighted by molar-refractivity contribution is 0.00596. The third-order valence-electron chi connectivity index (χ3n) is 4.07. The van der Waals surface area contributed by atoms with Crippen molar-refractivity contribution in [2.75, 3.05) is 11.9 Å². The summed E-state index contributed by atoms with van der Waals surface area (Å²) in [4.78, 5) is 0. The number of nitrogens with one attached hydrogen (secondary N) is 1. The fraction of sp³-hybridized carbons (Fsp3) is 0.667. The summed E-state index contributed by atoms with van der Waals surface area (Å²) in [6.45, 7) is 9.95. The van der Waals surface area contributed by atoms with Gasteiger partial charge in [0.2, 0.25) is 0 Å². The lowest BCUT2D eigenvalue weighted by Gasteiger charge is -2.32. The molecule has 1 aliphatic rings. The lowest BCUT2D eigenvalue weighted by Crippen LogP contribution is -2.34. The van der Waals surface area contributed by atoms with Crippen molar-refractivity contribution in [3.63, 3.8) is 0 Å². The third kappa shape index (κ3) is 3.99. The van der Waals surface area contributed by atoms with Crippen molar-refractivity contribution in [2.45, 2.75) is 70.9 Å². The summed E-state index contributed by atoms with van der Waals surface area (Å²) >= 11 is 0. The van der Waals surface area contributed by atoms with E-state index in [1.165, 1.54) is 24.1 Å². The maximum atomic E-state index is 5.84. The average Bonchev–Trinajstić information content (AvgIpc) is 2.39. The first-order valence-corrected chi connectivity index (χ1v) is 7.98. The summed E-state index contributed by atoms with van der Waals surface area (Å²) in [6, 6.07) is 9.26. The van der Waals surface area contributed by atoms with Gasteiger partial charge in [0.05, 0.1) is 6.10 Å². The zero-order valence-electron chi connectivity index (χ0n) is 13.4. The first-order chi connectivity index (χ1) is 9.50. The second-order valence-electron chi connectivity index (χ2n) is 6.94. The molecule has 2 heteroatoms. The molecule has 0 bridgehead atoms. The van der Waals surface area contributed by atoms with Crippen LogP contribution in [-0.2, 0) is 10.2 Å². The van der Waals surface area contributed by atoms with Gasteiger partial charge in [-0.2, -0.15) is 0 Å². The molecule has 0 radical (unpaired) electrons. The Morgan fingerprint density at radius 3 is 2.70 bits per heavy atom. The predicted molar refractivity (Wildman–Crippen MR) is 86.4 cm³/mol. The fourth-order valence-electron chi connectivity index (χ4n) is 3.02. The highest BCUT2D eigenvalue weighted by atomic mass is 16.5. The van der Waals surface area contributed by atoms with Gasteiger partial charge >= 0.3 is 0 Å². The molecule has 2 nitrogen and oxygen atoms in total. The molecular formula is C18H29NO. The summed E-state index contributed by atoms with van der Waals surface area (Å²) < 4.78 is 5.84. The largest absolute Gasteiger partial charge is 0.382 e. The van der Waals surface area contributed by atoms with Crippen molar-refractivity contribution in [2.24, 2.45) is 0 Å². The molecule has 0 aromatic heterocycles. The molecule has 1 fully saturated rings. The molecule has 0 spiro atoms. The zero-order valence-corrected chi connectivity index (χ0v) is 13.4. The van der Waals surface area contributed by atoms with Crippen LogP contribution < -0.4 is 5.32 Å². The van der Waals surface area contributed by atoms with Gasteiger partial charge in [-0.3, -0.25) is 0 Å². The number of hydrogen-bond acceptors (Lipinski definition) is 2. The van der Waals surface area contributed by atoms with Crippen molar-refractivity contribution >= 4 is 5.69 Å². The van der Waals surface area contributed by atoms with Gasteiger partial charge in [-0.15, -0.1) is 0 Å². The van der Waals surface area contributed by atoms with Crippen LogP contribution in [0.2, 0.25) is 0 Å². The molecule has 1 saturated heterocycles. The van der Waals surface area contributed by atoms with E-state index in [1.807, 2.05) is 0 Å². The molecule has 1 N–H and O–H groups in total. The first kappa shape index (κ1) is 15.4. The molecule has 0 aliphatic carbocycles. The summed E-state index contributed by atoms with van der Waals surface area (Å²) in [5.41, 5.74) is 2.87. The summed E-state index contributed by atoms with van der Waals surface area (Å²) in [7, 11) is 0. The van der Waals surface area contributed by atoms with E-state index in [-0.39, 0.29) is 5.41 Å². The van der Waals surface area contributed by atoms with E-state index in [9.17, 15) is 0 Å². The van der Waals surface area contributed by atoms with Crippen molar-refractivity contribution in [3.8, 4) is 0 Å². The van der Waals surface area contributed by atoms with Crippen LogP contribution in [-0.4, -0.2) is 18.8 Å². The molecule has 0 amide bonds. The molecule has 1 heterocycles. The van der Waals surface area contributed by atoms with Gasteiger partial charge in [-0.25, -0.2) is 0 Å². The number of benzene rings is 1. The van der Waals surface area contributed by atoms with E-state index in [0.29, 0.717) is 12.1 Å². The maximum absolute atomic E-state index is 5.84. The Kier molecular flexibility index (Phi) is 5.09. The van der Waals surface area contributed by atoms with Crippen molar-refractivity contribution in [1.82, 2.24) is 0 Å². The van der Waals surface area contributed by atoms with Gasteiger partial charge in [0, 0.05) is 18.3 Å². The lowest BCUT2D eigenvalue weighted by atomic mass is 9.85. The highest BCUT2D eigenvalue weighted by Crippen LogP contribution is 2.31. The SMILES string of the molecule is CCCC1CC(Nc2ccccc2C(C)(C)C)CCO1. The second kappa shape index (κ2) is 6.62. The van der Waals surface area contributed by atoms with Crippen LogP contribution >= 0.6 is 0 Å². The Bertz CT molecular complexity index is 420. The molecule has 0 saturated carbocycles. The Labute approximate surface area is 123 Å². The van der Waals surface area contributed by atoms with Gasteiger partial charge < -0.3 is 10.1 Å². The van der Waals surface area contributed by atoms with Crippen LogP contribution in [0, 0.1) is 0 Å². The second-order valence-corrected chi connectivity index (χ2v) is 6.94. The minimum Gasteiger partial charge on any atom is -0.382 e. The van der Waals surface area contributed by atoms with Gasteiger partial charge in [-0.05, 0) is 36.3 Å². The molecule has 1 aromatic carbocycles. The quantitative estimate of drug-likeness (QED) is 0.856. The maximum Gasteiger partial charge on any atom is 0.0594 e. The van der Waals surface area contributed by atoms with E-state index >= 15 is 0 Å². The number of ether oxygens (including phenoxy) is 1. The van der Waals surface area contributed by atoms with Crippen LogP contribution in [0.15, 0.2) is 24.3 Å². The van der Waals surface area contributed by atoms with Gasteiger partial charge in [0.1, 0.15) is 0 Å². The minimum absolute atomic E-state index is 0.178. The number of rotatable bonds is 4. The Hall–Kier alpha value is -1.02. The molecule has 20 heavy (non-hydrogen) atoms. The van der Waals surface area contributed by atoms with Crippen LogP contribution in [0.4, 0.5) is 5.69 Å². The van der Waals surface area contributed by atoms with E-state index in [2.05, 4.69) is 57.3 Å². The van der Waals surface area contributed by atoms with Crippen LogP contribution in [0.5, 0.6) is 0 Å². The molecule has 112 valence electrons. The van der Waals surface area contributed by atoms with E-state index in [0.717, 1.165) is 19.4 Å². The van der Waals surface area contributed by atoms with Crippen LogP contribution in [0.3, 0.4) is 0 Å². The van der Waals surface area contributed by atoms with Gasteiger partial charge in [-0.1, -0.05) is 52.3 Å². The van der Waals surface area contributed by atoms with Gasteiger partial charge in [0.25, 0.3) is 0 Å². The topological polar surface area (TPSA) is 21.3 Å². The minimum atomic E-state index is 0.178.